The largest absolute Gasteiger partial charge is 0.356 e. The first-order chi connectivity index (χ1) is 12.8. The molecule has 0 aliphatic heterocycles. The number of nitrogens with zero attached hydrogens (tertiary/aromatic N) is 3. The number of hydrogen-bond donors (Lipinski definition) is 2. The Morgan fingerprint density at radius 1 is 1.29 bits per heavy atom. The van der Waals surface area contributed by atoms with Crippen LogP contribution in [0.3, 0.4) is 0 Å². The Balaban J connectivity index is 0.00000280. The van der Waals surface area contributed by atoms with Gasteiger partial charge in [-0.05, 0) is 63.3 Å². The predicted octanol–water partition coefficient (Wildman–Crippen LogP) is 4.14. The number of aliphatic imine (C=N–C) groups is 1. The first-order valence-corrected chi connectivity index (χ1v) is 9.95. The molecule has 1 heterocycles. The molecule has 1 aliphatic carbocycles. The summed E-state index contributed by atoms with van der Waals surface area (Å²) in [6, 6.07) is 8.51. The fourth-order valence-electron chi connectivity index (χ4n) is 3.67. The van der Waals surface area contributed by atoms with Crippen LogP contribution in [0.25, 0.3) is 0 Å². The Labute approximate surface area is 190 Å². The lowest BCUT2D eigenvalue weighted by molar-refractivity contribution is 0.607. The summed E-state index contributed by atoms with van der Waals surface area (Å²) in [4.78, 5) is 4.41. The van der Waals surface area contributed by atoms with Gasteiger partial charge in [0.1, 0.15) is 0 Å². The van der Waals surface area contributed by atoms with E-state index in [-0.39, 0.29) is 35.4 Å². The Morgan fingerprint density at radius 2 is 1.93 bits per heavy atom. The standard InChI is InChI=1S/C21H30ClN5.HI/c1-14(12-19-15(2)26-27(5)16(19)3)25-20(23-4)24-13-21(10-11-21)17-6-8-18(22)9-7-17;/h6-9,14H,10-13H2,1-5H3,(H2,23,24,25);1H. The Hall–Kier alpha value is -1.28. The fourth-order valence-corrected chi connectivity index (χ4v) is 3.80. The van der Waals surface area contributed by atoms with Gasteiger partial charge in [-0.1, -0.05) is 23.7 Å². The van der Waals surface area contributed by atoms with E-state index in [0.717, 1.165) is 29.6 Å². The fraction of sp³-hybridized carbons (Fsp3) is 0.524. The first-order valence-electron chi connectivity index (χ1n) is 9.57. The third-order valence-electron chi connectivity index (χ3n) is 5.68. The lowest BCUT2D eigenvalue weighted by Gasteiger charge is -2.22. The number of hydrogen-bond acceptors (Lipinski definition) is 2. The van der Waals surface area contributed by atoms with Gasteiger partial charge in [0.15, 0.2) is 5.96 Å². The van der Waals surface area contributed by atoms with Crippen molar-refractivity contribution in [3.05, 3.63) is 51.8 Å². The van der Waals surface area contributed by atoms with Crippen molar-refractivity contribution >= 4 is 41.5 Å². The van der Waals surface area contributed by atoms with Gasteiger partial charge in [-0.15, -0.1) is 24.0 Å². The van der Waals surface area contributed by atoms with Crippen LogP contribution in [0.1, 0.15) is 42.3 Å². The monoisotopic (exact) mass is 515 g/mol. The normalized spacial score (nSPS) is 16.3. The lowest BCUT2D eigenvalue weighted by atomic mass is 9.96. The maximum absolute atomic E-state index is 6.03. The summed E-state index contributed by atoms with van der Waals surface area (Å²) in [6.45, 7) is 7.26. The Bertz CT molecular complexity index is 824. The summed E-state index contributed by atoms with van der Waals surface area (Å²) in [5.41, 5.74) is 5.20. The van der Waals surface area contributed by atoms with Crippen LogP contribution < -0.4 is 10.6 Å². The van der Waals surface area contributed by atoms with Gasteiger partial charge in [-0.25, -0.2) is 0 Å². The van der Waals surface area contributed by atoms with Crippen LogP contribution in [0.15, 0.2) is 29.3 Å². The average Bonchev–Trinajstić information content (AvgIpc) is 3.39. The molecule has 3 rings (SSSR count). The number of halogens is 2. The zero-order valence-corrected chi connectivity index (χ0v) is 20.4. The number of nitrogens with one attached hydrogen (secondary N) is 2. The zero-order valence-electron chi connectivity index (χ0n) is 17.3. The van der Waals surface area contributed by atoms with Crippen LogP contribution in [0.4, 0.5) is 0 Å². The minimum Gasteiger partial charge on any atom is -0.356 e. The highest BCUT2D eigenvalue weighted by Crippen LogP contribution is 2.47. The van der Waals surface area contributed by atoms with Crippen molar-refractivity contribution < 1.29 is 0 Å². The van der Waals surface area contributed by atoms with Crippen LogP contribution in [0.5, 0.6) is 0 Å². The number of guanidine groups is 1. The van der Waals surface area contributed by atoms with Crippen molar-refractivity contribution in [1.29, 1.82) is 0 Å². The van der Waals surface area contributed by atoms with E-state index in [4.69, 9.17) is 11.6 Å². The van der Waals surface area contributed by atoms with Crippen molar-refractivity contribution in [3.63, 3.8) is 0 Å². The summed E-state index contributed by atoms with van der Waals surface area (Å²) in [5, 5.41) is 12.3. The van der Waals surface area contributed by atoms with E-state index in [1.54, 1.807) is 0 Å². The molecule has 2 N–H and O–H groups in total. The summed E-state index contributed by atoms with van der Waals surface area (Å²) in [6.07, 6.45) is 3.32. The van der Waals surface area contributed by atoms with Crippen molar-refractivity contribution in [1.82, 2.24) is 20.4 Å². The van der Waals surface area contributed by atoms with Gasteiger partial charge in [0.25, 0.3) is 0 Å². The molecule has 0 saturated heterocycles. The van der Waals surface area contributed by atoms with E-state index in [1.165, 1.54) is 29.7 Å². The molecule has 154 valence electrons. The molecule has 1 saturated carbocycles. The number of aromatic nitrogens is 2. The number of benzene rings is 1. The zero-order chi connectivity index (χ0) is 19.6. The molecule has 1 unspecified atom stereocenters. The minimum atomic E-state index is 0. The van der Waals surface area contributed by atoms with Crippen LogP contribution in [-0.2, 0) is 18.9 Å². The average molecular weight is 516 g/mol. The molecular formula is C21H31ClIN5. The SMILES string of the molecule is CN=C(NCC1(c2ccc(Cl)cc2)CC1)NC(C)Cc1c(C)nn(C)c1C.I. The Morgan fingerprint density at radius 3 is 2.43 bits per heavy atom. The molecule has 0 radical (unpaired) electrons. The number of rotatable bonds is 6. The molecular weight excluding hydrogens is 485 g/mol. The molecule has 1 fully saturated rings. The topological polar surface area (TPSA) is 54.2 Å². The van der Waals surface area contributed by atoms with Crippen molar-refractivity contribution in [3.8, 4) is 0 Å². The highest BCUT2D eigenvalue weighted by molar-refractivity contribution is 14.0. The molecule has 2 aromatic rings. The van der Waals surface area contributed by atoms with E-state index in [2.05, 4.69) is 53.6 Å². The molecule has 0 bridgehead atoms. The molecule has 1 aromatic carbocycles. The van der Waals surface area contributed by atoms with Crippen molar-refractivity contribution in [2.24, 2.45) is 12.0 Å². The first kappa shape index (κ1) is 23.0. The highest BCUT2D eigenvalue weighted by Gasteiger charge is 2.44. The van der Waals surface area contributed by atoms with E-state index in [1.807, 2.05) is 30.9 Å². The van der Waals surface area contributed by atoms with E-state index in [0.29, 0.717) is 0 Å². The van der Waals surface area contributed by atoms with Gasteiger partial charge in [-0.3, -0.25) is 9.67 Å². The predicted molar refractivity (Wildman–Crippen MR) is 128 cm³/mol. The van der Waals surface area contributed by atoms with Gasteiger partial charge in [0.05, 0.1) is 5.69 Å². The highest BCUT2D eigenvalue weighted by atomic mass is 127. The molecule has 0 spiro atoms. The van der Waals surface area contributed by atoms with Crippen LogP contribution in [0.2, 0.25) is 5.02 Å². The van der Waals surface area contributed by atoms with E-state index < -0.39 is 0 Å². The van der Waals surface area contributed by atoms with Gasteiger partial charge in [-0.2, -0.15) is 5.10 Å². The maximum atomic E-state index is 6.03. The summed E-state index contributed by atoms with van der Waals surface area (Å²) >= 11 is 6.03. The molecule has 1 atom stereocenters. The van der Waals surface area contributed by atoms with Crippen LogP contribution in [0, 0.1) is 13.8 Å². The van der Waals surface area contributed by atoms with Crippen LogP contribution >= 0.6 is 35.6 Å². The molecule has 0 amide bonds. The van der Waals surface area contributed by atoms with E-state index in [9.17, 15) is 0 Å². The van der Waals surface area contributed by atoms with Gasteiger partial charge in [0.2, 0.25) is 0 Å². The quantitative estimate of drug-likeness (QED) is 0.345. The van der Waals surface area contributed by atoms with Gasteiger partial charge < -0.3 is 10.6 Å². The van der Waals surface area contributed by atoms with E-state index >= 15 is 0 Å². The van der Waals surface area contributed by atoms with Gasteiger partial charge >= 0.3 is 0 Å². The van der Waals surface area contributed by atoms with Crippen molar-refractivity contribution in [2.45, 2.75) is 51.5 Å². The third kappa shape index (κ3) is 5.20. The van der Waals surface area contributed by atoms with Crippen molar-refractivity contribution in [2.75, 3.05) is 13.6 Å². The summed E-state index contributed by atoms with van der Waals surface area (Å²) in [5.74, 6) is 0.849. The Kier molecular flexibility index (Phi) is 7.79. The van der Waals surface area contributed by atoms with Crippen LogP contribution in [-0.4, -0.2) is 35.4 Å². The van der Waals surface area contributed by atoms with Gasteiger partial charge in [0, 0.05) is 42.8 Å². The molecule has 5 nitrogen and oxygen atoms in total. The second kappa shape index (κ2) is 9.48. The summed E-state index contributed by atoms with van der Waals surface area (Å²) < 4.78 is 1.95. The summed E-state index contributed by atoms with van der Waals surface area (Å²) in [7, 11) is 3.82. The molecule has 7 heteroatoms. The second-order valence-electron chi connectivity index (χ2n) is 7.74. The molecule has 28 heavy (non-hydrogen) atoms. The third-order valence-corrected chi connectivity index (χ3v) is 5.93. The number of aryl methyl sites for hydroxylation is 2. The maximum Gasteiger partial charge on any atom is 0.191 e. The molecule has 1 aromatic heterocycles. The minimum absolute atomic E-state index is 0. The molecule has 1 aliphatic rings. The second-order valence-corrected chi connectivity index (χ2v) is 8.17. The lowest BCUT2D eigenvalue weighted by Crippen LogP contribution is -2.45. The smallest absolute Gasteiger partial charge is 0.191 e.